The predicted molar refractivity (Wildman–Crippen MR) is 75.6 cm³/mol. The Kier molecular flexibility index (Phi) is 3.97. The van der Waals surface area contributed by atoms with E-state index in [1.54, 1.807) is 24.3 Å². The van der Waals surface area contributed by atoms with Crippen LogP contribution in [-0.4, -0.2) is 5.11 Å². The van der Waals surface area contributed by atoms with Crippen LogP contribution in [0.5, 0.6) is 5.75 Å². The molecule has 2 heteroatoms. The molecule has 2 aromatic rings. The van der Waals surface area contributed by atoms with Gasteiger partial charge in [-0.25, -0.2) is 0 Å². The van der Waals surface area contributed by atoms with Crippen LogP contribution in [0.1, 0.15) is 11.1 Å². The first-order chi connectivity index (χ1) is 8.74. The average Bonchev–Trinajstić information content (AvgIpc) is 2.39. The summed E-state index contributed by atoms with van der Waals surface area (Å²) in [6, 6.07) is 14.3. The fourth-order valence-corrected chi connectivity index (χ4v) is 1.45. The third-order valence-electron chi connectivity index (χ3n) is 2.21. The van der Waals surface area contributed by atoms with E-state index in [4.69, 9.17) is 5.11 Å². The van der Waals surface area contributed by atoms with Crippen molar-refractivity contribution in [3.05, 3.63) is 59.7 Å². The average molecular weight is 250 g/mol. The minimum Gasteiger partial charge on any atom is -0.508 e. The topological polar surface area (TPSA) is 20.2 Å². The van der Waals surface area contributed by atoms with Crippen LogP contribution in [0.3, 0.4) is 0 Å². The maximum Gasteiger partial charge on any atom is 0.115 e. The van der Waals surface area contributed by atoms with Gasteiger partial charge in [0, 0.05) is 16.0 Å². The number of rotatable bonds is 0. The van der Waals surface area contributed by atoms with Crippen molar-refractivity contribution in [3.63, 3.8) is 0 Å². The molecule has 0 spiro atoms. The second-order valence-corrected chi connectivity index (χ2v) is 4.11. The highest BCUT2D eigenvalue weighted by Gasteiger charge is 1.87. The van der Waals surface area contributed by atoms with Gasteiger partial charge < -0.3 is 5.11 Å². The van der Waals surface area contributed by atoms with Crippen LogP contribution < -0.4 is 0 Å². The van der Waals surface area contributed by atoms with E-state index in [-0.39, 0.29) is 5.75 Å². The molecule has 0 amide bonds. The van der Waals surface area contributed by atoms with E-state index >= 15 is 0 Å². The first kappa shape index (κ1) is 12.2. The maximum absolute atomic E-state index is 9.12. The van der Waals surface area contributed by atoms with Gasteiger partial charge in [-0.05, 0) is 60.4 Å². The molecule has 0 radical (unpaired) electrons. The molecule has 0 heterocycles. The Labute approximate surface area is 112 Å². The van der Waals surface area contributed by atoms with E-state index < -0.39 is 0 Å². The Bertz CT molecular complexity index is 585. The number of hydrogen-bond acceptors (Lipinski definition) is 2. The molecule has 0 atom stereocenters. The standard InChI is InChI=1S/C16H10OS/c17-15-9-5-13(6-10-15)3-1-2-4-14-7-11-16(18)12-8-14/h5-12,17-18H. The van der Waals surface area contributed by atoms with Crippen LogP contribution in [0.4, 0.5) is 0 Å². The molecule has 1 N–H and O–H groups in total. The van der Waals surface area contributed by atoms with Gasteiger partial charge in [-0.3, -0.25) is 0 Å². The Morgan fingerprint density at radius 1 is 0.722 bits per heavy atom. The van der Waals surface area contributed by atoms with Gasteiger partial charge in [-0.2, -0.15) is 0 Å². The third kappa shape index (κ3) is 3.63. The van der Waals surface area contributed by atoms with Crippen molar-refractivity contribution in [2.75, 3.05) is 0 Å². The Balaban J connectivity index is 2.09. The summed E-state index contributed by atoms with van der Waals surface area (Å²) in [5.41, 5.74) is 1.74. The zero-order valence-corrected chi connectivity index (χ0v) is 10.4. The van der Waals surface area contributed by atoms with Gasteiger partial charge in [-0.15, -0.1) is 12.6 Å². The van der Waals surface area contributed by atoms with Crippen molar-refractivity contribution >= 4 is 12.6 Å². The Morgan fingerprint density at radius 2 is 1.17 bits per heavy atom. The van der Waals surface area contributed by atoms with E-state index in [0.717, 1.165) is 16.0 Å². The monoisotopic (exact) mass is 250 g/mol. The molecule has 0 aliphatic rings. The van der Waals surface area contributed by atoms with Gasteiger partial charge in [0.25, 0.3) is 0 Å². The van der Waals surface area contributed by atoms with E-state index in [1.807, 2.05) is 24.3 Å². The van der Waals surface area contributed by atoms with Crippen LogP contribution in [0.15, 0.2) is 53.4 Å². The normalized spacial score (nSPS) is 8.72. The maximum atomic E-state index is 9.12. The molecular formula is C16H10OS. The summed E-state index contributed by atoms with van der Waals surface area (Å²) in [7, 11) is 0. The Morgan fingerprint density at radius 3 is 1.67 bits per heavy atom. The minimum absolute atomic E-state index is 0.235. The van der Waals surface area contributed by atoms with Crippen LogP contribution in [-0.2, 0) is 0 Å². The van der Waals surface area contributed by atoms with Crippen LogP contribution >= 0.6 is 12.6 Å². The summed E-state index contributed by atoms with van der Waals surface area (Å²) in [5.74, 6) is 11.6. The highest BCUT2D eigenvalue weighted by atomic mass is 32.1. The highest BCUT2D eigenvalue weighted by molar-refractivity contribution is 7.80. The lowest BCUT2D eigenvalue weighted by atomic mass is 10.2. The van der Waals surface area contributed by atoms with Crippen LogP contribution in [0.2, 0.25) is 0 Å². The lowest BCUT2D eigenvalue weighted by Crippen LogP contribution is -1.73. The predicted octanol–water partition coefficient (Wildman–Crippen LogP) is 3.08. The highest BCUT2D eigenvalue weighted by Crippen LogP contribution is 2.08. The van der Waals surface area contributed by atoms with E-state index in [9.17, 15) is 0 Å². The van der Waals surface area contributed by atoms with Gasteiger partial charge in [0.1, 0.15) is 5.75 Å². The molecule has 0 saturated heterocycles. The largest absolute Gasteiger partial charge is 0.508 e. The van der Waals surface area contributed by atoms with Crippen molar-refractivity contribution in [2.24, 2.45) is 0 Å². The zero-order chi connectivity index (χ0) is 12.8. The van der Waals surface area contributed by atoms with Gasteiger partial charge in [-0.1, -0.05) is 11.8 Å². The number of hydrogen-bond donors (Lipinski definition) is 2. The number of aromatic hydroxyl groups is 1. The van der Waals surface area contributed by atoms with Crippen molar-refractivity contribution in [1.82, 2.24) is 0 Å². The SMILES string of the molecule is Oc1ccc(C#CC#Cc2ccc(S)cc2)cc1. The van der Waals surface area contributed by atoms with Crippen molar-refractivity contribution < 1.29 is 5.11 Å². The number of benzene rings is 2. The summed E-state index contributed by atoms with van der Waals surface area (Å²) in [5, 5.41) is 9.12. The lowest BCUT2D eigenvalue weighted by molar-refractivity contribution is 0.475. The fraction of sp³-hybridized carbons (Fsp3) is 0. The first-order valence-corrected chi connectivity index (χ1v) is 5.79. The van der Waals surface area contributed by atoms with E-state index in [2.05, 4.69) is 36.3 Å². The second kappa shape index (κ2) is 5.87. The summed E-state index contributed by atoms with van der Waals surface area (Å²) < 4.78 is 0. The zero-order valence-electron chi connectivity index (χ0n) is 9.51. The Hall–Kier alpha value is -2.29. The molecule has 0 saturated carbocycles. The third-order valence-corrected chi connectivity index (χ3v) is 2.51. The van der Waals surface area contributed by atoms with Gasteiger partial charge in [0.2, 0.25) is 0 Å². The molecule has 1 nitrogen and oxygen atoms in total. The summed E-state index contributed by atoms with van der Waals surface area (Å²) in [4.78, 5) is 0.913. The number of thiol groups is 1. The van der Waals surface area contributed by atoms with Gasteiger partial charge in [0.15, 0.2) is 0 Å². The molecule has 0 aromatic heterocycles. The van der Waals surface area contributed by atoms with Crippen molar-refractivity contribution in [3.8, 4) is 29.4 Å². The quantitative estimate of drug-likeness (QED) is 0.544. The fourth-order valence-electron chi connectivity index (χ4n) is 1.30. The molecule has 2 aromatic carbocycles. The molecule has 0 fully saturated rings. The van der Waals surface area contributed by atoms with Gasteiger partial charge in [0.05, 0.1) is 0 Å². The molecule has 0 bridgehead atoms. The first-order valence-electron chi connectivity index (χ1n) is 5.34. The van der Waals surface area contributed by atoms with Crippen LogP contribution in [0, 0.1) is 23.7 Å². The molecule has 86 valence electrons. The second-order valence-electron chi connectivity index (χ2n) is 3.59. The van der Waals surface area contributed by atoms with Crippen LogP contribution in [0.25, 0.3) is 0 Å². The van der Waals surface area contributed by atoms with E-state index in [0.29, 0.717) is 0 Å². The number of phenols is 1. The number of phenolic OH excluding ortho intramolecular Hbond substituents is 1. The molecule has 0 aliphatic carbocycles. The minimum atomic E-state index is 0.235. The molecule has 18 heavy (non-hydrogen) atoms. The molecular weight excluding hydrogens is 240 g/mol. The summed E-state index contributed by atoms with van der Waals surface area (Å²) in [6.07, 6.45) is 0. The molecule has 2 rings (SSSR count). The smallest absolute Gasteiger partial charge is 0.115 e. The lowest BCUT2D eigenvalue weighted by Gasteiger charge is -1.90. The van der Waals surface area contributed by atoms with E-state index in [1.165, 1.54) is 0 Å². The summed E-state index contributed by atoms with van der Waals surface area (Å²) >= 11 is 4.20. The van der Waals surface area contributed by atoms with Crippen molar-refractivity contribution in [2.45, 2.75) is 4.90 Å². The van der Waals surface area contributed by atoms with Crippen molar-refractivity contribution in [1.29, 1.82) is 0 Å². The molecule has 0 aliphatic heterocycles. The summed E-state index contributed by atoms with van der Waals surface area (Å²) in [6.45, 7) is 0. The molecule has 0 unspecified atom stereocenters. The van der Waals surface area contributed by atoms with Gasteiger partial charge >= 0.3 is 0 Å².